The molecule has 2 atom stereocenters. The van der Waals surface area contributed by atoms with Crippen molar-refractivity contribution in [2.24, 2.45) is 0 Å². The quantitative estimate of drug-likeness (QED) is 0.639. The second-order valence-corrected chi connectivity index (χ2v) is 8.85. The Balaban J connectivity index is 1.35. The molecule has 1 saturated heterocycles. The Hall–Kier alpha value is -1.95. The molecule has 0 saturated carbocycles. The van der Waals surface area contributed by atoms with Crippen LogP contribution in [0.4, 0.5) is 0 Å². The van der Waals surface area contributed by atoms with Crippen molar-refractivity contribution < 1.29 is 4.79 Å². The molecule has 3 aromatic rings. The molecule has 1 N–H and O–H groups in total. The second kappa shape index (κ2) is 8.60. The van der Waals surface area contributed by atoms with E-state index in [2.05, 4.69) is 30.4 Å². The van der Waals surface area contributed by atoms with Crippen molar-refractivity contribution in [1.29, 1.82) is 0 Å². The van der Waals surface area contributed by atoms with Crippen molar-refractivity contribution in [3.05, 3.63) is 64.1 Å². The van der Waals surface area contributed by atoms with Crippen LogP contribution in [0.5, 0.6) is 0 Å². The average Bonchev–Trinajstić information content (AvgIpc) is 3.17. The number of thiazole rings is 1. The Bertz CT molecular complexity index is 923. The molecule has 1 amide bonds. The number of aromatic nitrogens is 1. The third kappa shape index (κ3) is 4.37. The maximum Gasteiger partial charge on any atom is 0.236 e. The second-order valence-electron chi connectivity index (χ2n) is 7.35. The molecule has 4 rings (SSSR count). The van der Waals surface area contributed by atoms with E-state index in [4.69, 9.17) is 16.6 Å². The number of amides is 1. The highest BCUT2D eigenvalue weighted by molar-refractivity contribution is 7.18. The fraction of sp³-hybridized carbons (Fsp3) is 0.364. The number of piperidine rings is 1. The van der Waals surface area contributed by atoms with Crippen molar-refractivity contribution in [3.8, 4) is 0 Å². The van der Waals surface area contributed by atoms with Gasteiger partial charge in [0.2, 0.25) is 5.91 Å². The van der Waals surface area contributed by atoms with Gasteiger partial charge in [0.15, 0.2) is 0 Å². The lowest BCUT2D eigenvalue weighted by atomic mass is 9.98. The van der Waals surface area contributed by atoms with Gasteiger partial charge in [-0.15, -0.1) is 11.3 Å². The lowest BCUT2D eigenvalue weighted by Crippen LogP contribution is -2.43. The molecule has 1 fully saturated rings. The van der Waals surface area contributed by atoms with E-state index in [1.165, 1.54) is 4.70 Å². The smallest absolute Gasteiger partial charge is 0.236 e. The number of hydrogen-bond donors (Lipinski definition) is 1. The number of para-hydroxylation sites is 1. The third-order valence-corrected chi connectivity index (χ3v) is 6.81. The molecular weight excluding hydrogens is 390 g/mol. The number of rotatable bonds is 5. The van der Waals surface area contributed by atoms with Crippen molar-refractivity contribution in [2.75, 3.05) is 19.6 Å². The minimum atomic E-state index is 0.103. The number of fused-ring (bicyclic) bond motifs is 1. The van der Waals surface area contributed by atoms with Gasteiger partial charge in [0.25, 0.3) is 0 Å². The summed E-state index contributed by atoms with van der Waals surface area (Å²) in [7, 11) is 0. The molecule has 0 aliphatic carbocycles. The molecule has 4 nitrogen and oxygen atoms in total. The minimum Gasteiger partial charge on any atom is -0.341 e. The third-order valence-electron chi connectivity index (χ3n) is 5.36. The lowest BCUT2D eigenvalue weighted by Gasteiger charge is -2.32. The van der Waals surface area contributed by atoms with Crippen LogP contribution in [0.1, 0.15) is 42.3 Å². The van der Waals surface area contributed by atoms with E-state index in [1.54, 1.807) is 11.3 Å². The van der Waals surface area contributed by atoms with Gasteiger partial charge in [-0.3, -0.25) is 4.79 Å². The van der Waals surface area contributed by atoms with E-state index in [1.807, 2.05) is 35.2 Å². The zero-order valence-corrected chi connectivity index (χ0v) is 17.5. The first kappa shape index (κ1) is 19.4. The Morgan fingerprint density at radius 2 is 2.07 bits per heavy atom. The Morgan fingerprint density at radius 1 is 1.29 bits per heavy atom. The van der Waals surface area contributed by atoms with E-state index in [-0.39, 0.29) is 11.9 Å². The number of halogens is 1. The van der Waals surface area contributed by atoms with Crippen LogP contribution >= 0.6 is 22.9 Å². The van der Waals surface area contributed by atoms with Crippen LogP contribution in [0.3, 0.4) is 0 Å². The summed E-state index contributed by atoms with van der Waals surface area (Å²) >= 11 is 7.71. The van der Waals surface area contributed by atoms with Crippen molar-refractivity contribution in [2.45, 2.75) is 31.7 Å². The van der Waals surface area contributed by atoms with E-state index in [0.717, 1.165) is 47.0 Å². The summed E-state index contributed by atoms with van der Waals surface area (Å²) in [6, 6.07) is 16.1. The number of nitrogens with zero attached hydrogens (tertiary/aromatic N) is 2. The molecule has 6 heteroatoms. The van der Waals surface area contributed by atoms with Crippen LogP contribution in [-0.4, -0.2) is 35.4 Å². The molecule has 1 aliphatic heterocycles. The number of likely N-dealkylation sites (tertiary alicyclic amines) is 1. The molecular formula is C22H24ClN3OS. The highest BCUT2D eigenvalue weighted by atomic mass is 35.5. The van der Waals surface area contributed by atoms with Gasteiger partial charge in [-0.25, -0.2) is 4.98 Å². The van der Waals surface area contributed by atoms with Gasteiger partial charge >= 0.3 is 0 Å². The zero-order chi connectivity index (χ0) is 19.5. The maximum atomic E-state index is 12.8. The molecule has 0 spiro atoms. The first-order valence-electron chi connectivity index (χ1n) is 9.72. The Labute approximate surface area is 174 Å². The monoisotopic (exact) mass is 413 g/mol. The predicted molar refractivity (Wildman–Crippen MR) is 116 cm³/mol. The topological polar surface area (TPSA) is 45.2 Å². The molecule has 2 aromatic carbocycles. The maximum absolute atomic E-state index is 12.8. The highest BCUT2D eigenvalue weighted by Crippen LogP contribution is 2.33. The van der Waals surface area contributed by atoms with Crippen LogP contribution < -0.4 is 5.32 Å². The largest absolute Gasteiger partial charge is 0.341 e. The van der Waals surface area contributed by atoms with Crippen molar-refractivity contribution in [1.82, 2.24) is 15.2 Å². The zero-order valence-electron chi connectivity index (χ0n) is 15.9. The minimum absolute atomic E-state index is 0.103. The van der Waals surface area contributed by atoms with Gasteiger partial charge in [-0.1, -0.05) is 35.9 Å². The summed E-state index contributed by atoms with van der Waals surface area (Å²) in [5.74, 6) is 0.496. The molecule has 146 valence electrons. The Morgan fingerprint density at radius 3 is 2.86 bits per heavy atom. The van der Waals surface area contributed by atoms with E-state index >= 15 is 0 Å². The van der Waals surface area contributed by atoms with Gasteiger partial charge in [0.1, 0.15) is 0 Å². The van der Waals surface area contributed by atoms with Crippen LogP contribution in [0.15, 0.2) is 48.5 Å². The van der Waals surface area contributed by atoms with E-state index in [0.29, 0.717) is 12.5 Å². The number of nitrogens with one attached hydrogen (secondary N) is 1. The summed E-state index contributed by atoms with van der Waals surface area (Å²) in [6.45, 7) is 4.00. The van der Waals surface area contributed by atoms with Crippen molar-refractivity contribution in [3.63, 3.8) is 0 Å². The molecule has 28 heavy (non-hydrogen) atoms. The number of carbonyl (C=O) groups excluding carboxylic acids is 1. The number of carbonyl (C=O) groups is 1. The fourth-order valence-electron chi connectivity index (χ4n) is 3.69. The van der Waals surface area contributed by atoms with Gasteiger partial charge in [0, 0.05) is 30.1 Å². The van der Waals surface area contributed by atoms with E-state index < -0.39 is 0 Å². The van der Waals surface area contributed by atoms with E-state index in [9.17, 15) is 4.79 Å². The standard InChI is InChI=1S/C22H24ClN3OS/c1-15(16-8-10-18(23)11-9-16)24-13-21(27)26-12-4-5-17(14-26)22-25-19-6-2-3-7-20(19)28-22/h2-3,6-11,15,17,24H,4-5,12-14H2,1H3/t15-,17-/m1/s1. The van der Waals surface area contributed by atoms with Crippen LogP contribution in [0.2, 0.25) is 5.02 Å². The molecule has 0 bridgehead atoms. The molecule has 1 aromatic heterocycles. The summed E-state index contributed by atoms with van der Waals surface area (Å²) in [5.41, 5.74) is 2.19. The highest BCUT2D eigenvalue weighted by Gasteiger charge is 2.27. The fourth-order valence-corrected chi connectivity index (χ4v) is 4.91. The normalized spacial score (nSPS) is 18.4. The number of hydrogen-bond acceptors (Lipinski definition) is 4. The summed E-state index contributed by atoms with van der Waals surface area (Å²) in [5, 5.41) is 5.22. The van der Waals surface area contributed by atoms with Gasteiger partial charge in [-0.2, -0.15) is 0 Å². The SMILES string of the molecule is C[C@@H](NCC(=O)N1CCC[C@@H](c2nc3ccccc3s2)C1)c1ccc(Cl)cc1. The van der Waals surface area contributed by atoms with Gasteiger partial charge in [0.05, 0.1) is 21.8 Å². The molecule has 2 heterocycles. The lowest BCUT2D eigenvalue weighted by molar-refractivity contribution is -0.131. The molecule has 0 radical (unpaired) electrons. The van der Waals surface area contributed by atoms with Gasteiger partial charge < -0.3 is 10.2 Å². The summed E-state index contributed by atoms with van der Waals surface area (Å²) in [6.07, 6.45) is 2.12. The van der Waals surface area contributed by atoms with Gasteiger partial charge in [-0.05, 0) is 49.6 Å². The predicted octanol–water partition coefficient (Wildman–Crippen LogP) is 5.01. The first-order valence-corrected chi connectivity index (χ1v) is 10.9. The van der Waals surface area contributed by atoms with Crippen LogP contribution in [-0.2, 0) is 4.79 Å². The molecule has 0 unspecified atom stereocenters. The first-order chi connectivity index (χ1) is 13.6. The molecule has 1 aliphatic rings. The van der Waals surface area contributed by atoms with Crippen LogP contribution in [0, 0.1) is 0 Å². The van der Waals surface area contributed by atoms with Crippen molar-refractivity contribution >= 4 is 39.1 Å². The summed E-state index contributed by atoms with van der Waals surface area (Å²) in [4.78, 5) is 19.6. The number of benzene rings is 2. The van der Waals surface area contributed by atoms with Crippen LogP contribution in [0.25, 0.3) is 10.2 Å². The average molecular weight is 414 g/mol. The Kier molecular flexibility index (Phi) is 5.95. The summed E-state index contributed by atoms with van der Waals surface area (Å²) < 4.78 is 1.22.